The van der Waals surface area contributed by atoms with Crippen LogP contribution in [0.2, 0.25) is 0 Å². The molecule has 1 heterocycles. The molecule has 9 heteroatoms. The fraction of sp³-hybridized carbons (Fsp3) is 0.167. The van der Waals surface area contributed by atoms with Crippen LogP contribution in [0.4, 0.5) is 5.13 Å². The van der Waals surface area contributed by atoms with Crippen LogP contribution in [-0.2, 0) is 9.59 Å². The van der Waals surface area contributed by atoms with E-state index < -0.39 is 5.97 Å². The second kappa shape index (κ2) is 7.35. The van der Waals surface area contributed by atoms with Crippen LogP contribution < -0.4 is 10.1 Å². The van der Waals surface area contributed by atoms with Crippen molar-refractivity contribution in [2.75, 3.05) is 17.1 Å². The van der Waals surface area contributed by atoms with Gasteiger partial charge < -0.3 is 4.74 Å². The first-order valence-corrected chi connectivity index (χ1v) is 7.57. The van der Waals surface area contributed by atoms with E-state index in [4.69, 9.17) is 27.9 Å². The molecule has 0 fully saturated rings. The number of benzene rings is 1. The molecule has 110 valence electrons. The van der Waals surface area contributed by atoms with Crippen molar-refractivity contribution in [2.24, 2.45) is 0 Å². The number of amides is 1. The number of nitrogens with one attached hydrogen (secondary N) is 1. The smallest absolute Gasteiger partial charge is 0.326 e. The van der Waals surface area contributed by atoms with Gasteiger partial charge in [-0.3, -0.25) is 14.9 Å². The van der Waals surface area contributed by atoms with Crippen molar-refractivity contribution in [1.29, 1.82) is 0 Å². The summed E-state index contributed by atoms with van der Waals surface area (Å²) in [6.45, 7) is 0. The Morgan fingerprint density at radius 3 is 2.48 bits per heavy atom. The average Bonchev–Trinajstić information content (AvgIpc) is 2.96. The van der Waals surface area contributed by atoms with Crippen LogP contribution in [0.5, 0.6) is 5.75 Å². The number of rotatable bonds is 5. The quantitative estimate of drug-likeness (QED) is 0.511. The van der Waals surface area contributed by atoms with E-state index in [2.05, 4.69) is 15.5 Å². The summed E-state index contributed by atoms with van der Waals surface area (Å²) in [4.78, 5) is 22.2. The van der Waals surface area contributed by atoms with E-state index in [-0.39, 0.29) is 17.7 Å². The average molecular weight is 346 g/mol. The van der Waals surface area contributed by atoms with Crippen LogP contribution in [0, 0.1) is 0 Å². The van der Waals surface area contributed by atoms with Gasteiger partial charge in [-0.2, -0.15) is 0 Å². The number of hydrogen-bond acceptors (Lipinski definition) is 6. The zero-order valence-electron chi connectivity index (χ0n) is 10.5. The minimum Gasteiger partial charge on any atom is -0.426 e. The van der Waals surface area contributed by atoms with Crippen LogP contribution >= 0.6 is 34.5 Å². The number of halogens is 2. The third kappa shape index (κ3) is 4.38. The number of aromatic nitrogens is 2. The van der Waals surface area contributed by atoms with Crippen molar-refractivity contribution < 1.29 is 14.3 Å². The van der Waals surface area contributed by atoms with Crippen molar-refractivity contribution in [1.82, 2.24) is 10.2 Å². The molecular weight excluding hydrogens is 337 g/mol. The van der Waals surface area contributed by atoms with Crippen molar-refractivity contribution in [3.63, 3.8) is 0 Å². The molecule has 1 aromatic carbocycles. The van der Waals surface area contributed by atoms with Crippen molar-refractivity contribution in [2.45, 2.75) is 0 Å². The van der Waals surface area contributed by atoms with Gasteiger partial charge in [0.25, 0.3) is 0 Å². The Balaban J connectivity index is 2.08. The van der Waals surface area contributed by atoms with Gasteiger partial charge in [-0.05, 0) is 24.3 Å². The van der Waals surface area contributed by atoms with Gasteiger partial charge in [-0.25, -0.2) is 0 Å². The highest BCUT2D eigenvalue weighted by Crippen LogP contribution is 2.27. The van der Waals surface area contributed by atoms with E-state index in [0.717, 1.165) is 5.56 Å². The van der Waals surface area contributed by atoms with E-state index in [1.165, 1.54) is 11.3 Å². The zero-order valence-corrected chi connectivity index (χ0v) is 12.8. The predicted octanol–water partition coefficient (Wildman–Crippen LogP) is 2.53. The number of nitrogens with zero attached hydrogens (tertiary/aromatic N) is 2. The molecule has 2 rings (SSSR count). The third-order valence-corrected chi connectivity index (χ3v) is 3.58. The Morgan fingerprint density at radius 1 is 1.14 bits per heavy atom. The monoisotopic (exact) mass is 345 g/mol. The first-order valence-electron chi connectivity index (χ1n) is 5.68. The lowest BCUT2D eigenvalue weighted by molar-refractivity contribution is -0.131. The molecule has 0 atom stereocenters. The molecule has 21 heavy (non-hydrogen) atoms. The molecule has 1 aromatic heterocycles. The lowest BCUT2D eigenvalue weighted by atomic mass is 10.2. The zero-order chi connectivity index (χ0) is 15.2. The summed E-state index contributed by atoms with van der Waals surface area (Å²) in [7, 11) is 0. The summed E-state index contributed by atoms with van der Waals surface area (Å²) < 4.78 is 4.95. The Labute approximate surface area is 134 Å². The van der Waals surface area contributed by atoms with Crippen molar-refractivity contribution in [3.8, 4) is 16.3 Å². The SMILES string of the molecule is O=C(CCl)Nc1nnc(-c2ccc(OC(=O)CCl)cc2)s1. The van der Waals surface area contributed by atoms with Gasteiger partial charge in [0.05, 0.1) is 0 Å². The minimum absolute atomic E-state index is 0.143. The molecule has 0 saturated carbocycles. The highest BCUT2D eigenvalue weighted by atomic mass is 35.5. The first kappa shape index (κ1) is 15.7. The molecular formula is C12H9Cl2N3O3S. The normalized spacial score (nSPS) is 10.2. The van der Waals surface area contributed by atoms with Gasteiger partial charge >= 0.3 is 5.97 Å². The molecule has 0 saturated heterocycles. The molecule has 0 spiro atoms. The predicted molar refractivity (Wildman–Crippen MR) is 81.0 cm³/mol. The molecule has 6 nitrogen and oxygen atoms in total. The summed E-state index contributed by atoms with van der Waals surface area (Å²) in [5.41, 5.74) is 0.782. The van der Waals surface area contributed by atoms with Gasteiger partial charge in [0.1, 0.15) is 22.5 Å². The van der Waals surface area contributed by atoms with Gasteiger partial charge in [-0.1, -0.05) is 11.3 Å². The van der Waals surface area contributed by atoms with E-state index in [1.54, 1.807) is 24.3 Å². The first-order chi connectivity index (χ1) is 10.1. The summed E-state index contributed by atoms with van der Waals surface area (Å²) >= 11 is 12.0. The fourth-order valence-corrected chi connectivity index (χ4v) is 2.25. The number of esters is 1. The van der Waals surface area contributed by atoms with Crippen molar-refractivity contribution >= 4 is 51.5 Å². The van der Waals surface area contributed by atoms with E-state index in [0.29, 0.717) is 15.9 Å². The van der Waals surface area contributed by atoms with Gasteiger partial charge in [0.2, 0.25) is 11.0 Å². The second-order valence-corrected chi connectivity index (χ2v) is 5.24. The summed E-state index contributed by atoms with van der Waals surface area (Å²) in [6, 6.07) is 6.70. The topological polar surface area (TPSA) is 81.2 Å². The Bertz CT molecular complexity index is 645. The number of carbonyl (C=O) groups excluding carboxylic acids is 2. The summed E-state index contributed by atoms with van der Waals surface area (Å²) in [5, 5.41) is 11.3. The highest BCUT2D eigenvalue weighted by Gasteiger charge is 2.09. The van der Waals surface area contributed by atoms with E-state index in [1.807, 2.05) is 0 Å². The van der Waals surface area contributed by atoms with Crippen LogP contribution in [-0.4, -0.2) is 33.8 Å². The van der Waals surface area contributed by atoms with Crippen LogP contribution in [0.1, 0.15) is 0 Å². The molecule has 0 aliphatic rings. The van der Waals surface area contributed by atoms with Gasteiger partial charge in [-0.15, -0.1) is 33.4 Å². The number of hydrogen-bond donors (Lipinski definition) is 1. The van der Waals surface area contributed by atoms with E-state index in [9.17, 15) is 9.59 Å². The molecule has 1 N–H and O–H groups in total. The maximum atomic E-state index is 11.1. The molecule has 0 aliphatic carbocycles. The highest BCUT2D eigenvalue weighted by molar-refractivity contribution is 7.18. The molecule has 0 bridgehead atoms. The summed E-state index contributed by atoms with van der Waals surface area (Å²) in [6.07, 6.45) is 0. The number of anilines is 1. The summed E-state index contributed by atoms with van der Waals surface area (Å²) in [5.74, 6) is -0.823. The molecule has 0 radical (unpaired) electrons. The van der Waals surface area contributed by atoms with Crippen LogP contribution in [0.3, 0.4) is 0 Å². The lowest BCUT2D eigenvalue weighted by Gasteiger charge is -2.02. The Kier molecular flexibility index (Phi) is 5.49. The minimum atomic E-state index is -0.522. The number of alkyl halides is 2. The number of ether oxygens (including phenoxy) is 1. The van der Waals surface area contributed by atoms with Crippen LogP contribution in [0.25, 0.3) is 10.6 Å². The fourth-order valence-electron chi connectivity index (χ4n) is 1.37. The van der Waals surface area contributed by atoms with Gasteiger partial charge in [0, 0.05) is 5.56 Å². The Morgan fingerprint density at radius 2 is 1.86 bits per heavy atom. The van der Waals surface area contributed by atoms with E-state index >= 15 is 0 Å². The maximum Gasteiger partial charge on any atom is 0.326 e. The Hall–Kier alpha value is -1.70. The van der Waals surface area contributed by atoms with Crippen LogP contribution in [0.15, 0.2) is 24.3 Å². The molecule has 0 unspecified atom stereocenters. The largest absolute Gasteiger partial charge is 0.426 e. The number of carbonyl (C=O) groups is 2. The third-order valence-electron chi connectivity index (χ3n) is 2.23. The van der Waals surface area contributed by atoms with Crippen molar-refractivity contribution in [3.05, 3.63) is 24.3 Å². The molecule has 0 aliphatic heterocycles. The standard InChI is InChI=1S/C12H9Cl2N3O3S/c13-5-9(18)15-12-17-16-11(21-12)7-1-3-8(4-2-7)20-10(19)6-14/h1-4H,5-6H2,(H,15,17,18). The lowest BCUT2D eigenvalue weighted by Crippen LogP contribution is -2.12. The van der Waals surface area contributed by atoms with Gasteiger partial charge in [0.15, 0.2) is 0 Å². The molecule has 1 amide bonds. The molecule has 2 aromatic rings. The maximum absolute atomic E-state index is 11.1. The second-order valence-electron chi connectivity index (χ2n) is 3.73.